The topological polar surface area (TPSA) is 50.8 Å². The molecule has 0 spiro atoms. The minimum Gasteiger partial charge on any atom is -0.486 e. The second-order valence-corrected chi connectivity index (χ2v) is 6.18. The maximum Gasteiger partial charge on any atom is 0.317 e. The highest BCUT2D eigenvalue weighted by molar-refractivity contribution is 5.74. The lowest BCUT2D eigenvalue weighted by molar-refractivity contribution is 0.171. The van der Waals surface area contributed by atoms with Gasteiger partial charge in [-0.2, -0.15) is 0 Å². The molecule has 0 aliphatic carbocycles. The molecule has 1 aliphatic heterocycles. The second kappa shape index (κ2) is 7.59. The van der Waals surface area contributed by atoms with Gasteiger partial charge in [-0.25, -0.2) is 13.6 Å². The van der Waals surface area contributed by atoms with Crippen LogP contribution in [0.4, 0.5) is 13.6 Å². The summed E-state index contributed by atoms with van der Waals surface area (Å²) in [4.78, 5) is 13.9. The fourth-order valence-electron chi connectivity index (χ4n) is 2.69. The quantitative estimate of drug-likeness (QED) is 0.904. The Morgan fingerprint density at radius 2 is 1.85 bits per heavy atom. The van der Waals surface area contributed by atoms with E-state index in [1.807, 2.05) is 18.2 Å². The Bertz CT molecular complexity index is 813. The number of amides is 2. The molecule has 0 saturated heterocycles. The highest BCUT2D eigenvalue weighted by atomic mass is 19.2. The van der Waals surface area contributed by atoms with Crippen LogP contribution in [0.25, 0.3) is 0 Å². The van der Waals surface area contributed by atoms with Crippen LogP contribution >= 0.6 is 0 Å². The van der Waals surface area contributed by atoms with Crippen molar-refractivity contribution in [2.24, 2.45) is 0 Å². The van der Waals surface area contributed by atoms with Gasteiger partial charge in [-0.05, 0) is 42.3 Å². The van der Waals surface area contributed by atoms with Crippen LogP contribution in [0, 0.1) is 11.6 Å². The summed E-state index contributed by atoms with van der Waals surface area (Å²) in [7, 11) is 1.66. The van der Waals surface area contributed by atoms with Gasteiger partial charge in [0, 0.05) is 13.6 Å². The SMILES string of the molecule is CC(NC(=O)N(C)Cc1ccc2c(c1)OCCO2)c1ccc(F)c(F)c1. The van der Waals surface area contributed by atoms with Gasteiger partial charge < -0.3 is 19.7 Å². The number of nitrogens with one attached hydrogen (secondary N) is 1. The zero-order valence-electron chi connectivity index (χ0n) is 14.6. The first-order valence-electron chi connectivity index (χ1n) is 8.29. The highest BCUT2D eigenvalue weighted by Crippen LogP contribution is 2.31. The first-order chi connectivity index (χ1) is 12.4. The predicted octanol–water partition coefficient (Wildman–Crippen LogP) is 3.64. The third-order valence-corrected chi connectivity index (χ3v) is 4.16. The number of halogens is 2. The van der Waals surface area contributed by atoms with Gasteiger partial charge >= 0.3 is 6.03 Å². The Kier molecular flexibility index (Phi) is 5.25. The second-order valence-electron chi connectivity index (χ2n) is 6.18. The van der Waals surface area contributed by atoms with Crippen molar-refractivity contribution in [3.05, 3.63) is 59.2 Å². The van der Waals surface area contributed by atoms with Crippen molar-refractivity contribution in [3.8, 4) is 11.5 Å². The summed E-state index contributed by atoms with van der Waals surface area (Å²) < 4.78 is 37.4. The normalized spacial score (nSPS) is 13.8. The molecule has 0 bridgehead atoms. The lowest BCUT2D eigenvalue weighted by atomic mass is 10.1. The van der Waals surface area contributed by atoms with Gasteiger partial charge in [0.2, 0.25) is 0 Å². The van der Waals surface area contributed by atoms with Gasteiger partial charge in [0.15, 0.2) is 23.1 Å². The van der Waals surface area contributed by atoms with E-state index in [4.69, 9.17) is 9.47 Å². The van der Waals surface area contributed by atoms with Crippen molar-refractivity contribution in [3.63, 3.8) is 0 Å². The van der Waals surface area contributed by atoms with E-state index in [0.717, 1.165) is 17.7 Å². The average molecular weight is 362 g/mol. The average Bonchev–Trinajstić information content (AvgIpc) is 2.63. The van der Waals surface area contributed by atoms with Crippen molar-refractivity contribution in [2.45, 2.75) is 19.5 Å². The highest BCUT2D eigenvalue weighted by Gasteiger charge is 2.17. The van der Waals surface area contributed by atoms with Crippen LogP contribution in [0.15, 0.2) is 36.4 Å². The number of carbonyl (C=O) groups is 1. The van der Waals surface area contributed by atoms with Gasteiger partial charge in [0.05, 0.1) is 6.04 Å². The fourth-order valence-corrected chi connectivity index (χ4v) is 2.69. The van der Waals surface area contributed by atoms with Gasteiger partial charge in [0.25, 0.3) is 0 Å². The van der Waals surface area contributed by atoms with Crippen molar-refractivity contribution in [1.82, 2.24) is 10.2 Å². The van der Waals surface area contributed by atoms with Crippen LogP contribution in [-0.2, 0) is 6.54 Å². The number of nitrogens with zero attached hydrogens (tertiary/aromatic N) is 1. The summed E-state index contributed by atoms with van der Waals surface area (Å²) >= 11 is 0. The molecule has 7 heteroatoms. The van der Waals surface area contributed by atoms with Crippen LogP contribution in [0.5, 0.6) is 11.5 Å². The summed E-state index contributed by atoms with van der Waals surface area (Å²) in [5.74, 6) is -0.493. The Morgan fingerprint density at radius 3 is 2.58 bits per heavy atom. The molecule has 0 saturated carbocycles. The number of ether oxygens (including phenoxy) is 2. The summed E-state index contributed by atoms with van der Waals surface area (Å²) in [6.45, 7) is 3.10. The van der Waals surface area contributed by atoms with Crippen molar-refractivity contribution < 1.29 is 23.0 Å². The smallest absolute Gasteiger partial charge is 0.317 e. The Morgan fingerprint density at radius 1 is 1.12 bits per heavy atom. The molecule has 2 amide bonds. The number of benzene rings is 2. The van der Waals surface area contributed by atoms with E-state index < -0.39 is 17.7 Å². The third kappa shape index (κ3) is 4.04. The summed E-state index contributed by atoms with van der Waals surface area (Å²) in [5.41, 5.74) is 1.39. The number of carbonyl (C=O) groups excluding carboxylic acids is 1. The molecule has 138 valence electrons. The minimum absolute atomic E-state index is 0.322. The molecule has 1 atom stereocenters. The van der Waals surface area contributed by atoms with Gasteiger partial charge in [-0.1, -0.05) is 12.1 Å². The minimum atomic E-state index is -0.937. The maximum atomic E-state index is 13.3. The molecule has 0 fully saturated rings. The number of rotatable bonds is 4. The molecule has 2 aromatic rings. The van der Waals surface area contributed by atoms with Crippen molar-refractivity contribution >= 4 is 6.03 Å². The number of fused-ring (bicyclic) bond motifs is 1. The Labute approximate surface area is 150 Å². The molecule has 3 rings (SSSR count). The molecule has 2 aromatic carbocycles. The molecular weight excluding hydrogens is 342 g/mol. The number of urea groups is 1. The van der Waals surface area contributed by atoms with Crippen LogP contribution < -0.4 is 14.8 Å². The Hall–Kier alpha value is -2.83. The molecule has 1 heterocycles. The first-order valence-corrected chi connectivity index (χ1v) is 8.29. The summed E-state index contributed by atoms with van der Waals surface area (Å²) in [5, 5.41) is 2.77. The van der Waals surface area contributed by atoms with Crippen molar-refractivity contribution in [2.75, 3.05) is 20.3 Å². The van der Waals surface area contributed by atoms with E-state index in [1.165, 1.54) is 11.0 Å². The molecule has 1 N–H and O–H groups in total. The van der Waals surface area contributed by atoms with Gasteiger partial charge in [-0.15, -0.1) is 0 Å². The lowest BCUT2D eigenvalue weighted by Crippen LogP contribution is -2.38. The molecule has 0 aromatic heterocycles. The standard InChI is InChI=1S/C19H20F2N2O3/c1-12(14-4-5-15(20)16(21)10-14)22-19(24)23(2)11-13-3-6-17-18(9-13)26-8-7-25-17/h3-6,9-10,12H,7-8,11H2,1-2H3,(H,22,24). The third-order valence-electron chi connectivity index (χ3n) is 4.16. The molecule has 1 unspecified atom stereocenters. The van der Waals surface area contributed by atoms with Crippen LogP contribution in [0.3, 0.4) is 0 Å². The first kappa shape index (κ1) is 18.0. The zero-order chi connectivity index (χ0) is 18.7. The fraction of sp³-hybridized carbons (Fsp3) is 0.316. The van der Waals surface area contributed by atoms with Crippen LogP contribution in [0.1, 0.15) is 24.1 Å². The van der Waals surface area contributed by atoms with Crippen molar-refractivity contribution in [1.29, 1.82) is 0 Å². The Balaban J connectivity index is 1.61. The van der Waals surface area contributed by atoms with Gasteiger partial charge in [0.1, 0.15) is 13.2 Å². The summed E-state index contributed by atoms with van der Waals surface area (Å²) in [6.07, 6.45) is 0. The molecular formula is C19H20F2N2O3. The zero-order valence-corrected chi connectivity index (χ0v) is 14.6. The predicted molar refractivity (Wildman–Crippen MR) is 92.2 cm³/mol. The van der Waals surface area contributed by atoms with E-state index >= 15 is 0 Å². The van der Waals surface area contributed by atoms with E-state index in [9.17, 15) is 13.6 Å². The monoisotopic (exact) mass is 362 g/mol. The van der Waals surface area contributed by atoms with E-state index in [-0.39, 0.29) is 6.03 Å². The van der Waals surface area contributed by atoms with Crippen LogP contribution in [-0.4, -0.2) is 31.2 Å². The molecule has 26 heavy (non-hydrogen) atoms. The van der Waals surface area contributed by atoms with E-state index in [2.05, 4.69) is 5.32 Å². The van der Waals surface area contributed by atoms with Crippen LogP contribution in [0.2, 0.25) is 0 Å². The molecule has 0 radical (unpaired) electrons. The number of hydrogen-bond donors (Lipinski definition) is 1. The maximum absolute atomic E-state index is 13.3. The molecule has 5 nitrogen and oxygen atoms in total. The largest absolute Gasteiger partial charge is 0.486 e. The molecule has 1 aliphatic rings. The van der Waals surface area contributed by atoms with E-state index in [1.54, 1.807) is 14.0 Å². The van der Waals surface area contributed by atoms with Gasteiger partial charge in [-0.3, -0.25) is 0 Å². The number of hydrogen-bond acceptors (Lipinski definition) is 3. The van der Waals surface area contributed by atoms with E-state index in [0.29, 0.717) is 36.8 Å². The summed E-state index contributed by atoms with van der Waals surface area (Å²) in [6, 6.07) is 8.34. The lowest BCUT2D eigenvalue weighted by Gasteiger charge is -2.23.